The molecular weight excluding hydrogens is 291 g/mol. The van der Waals surface area contributed by atoms with Gasteiger partial charge < -0.3 is 16.0 Å². The molecular formula is C11H12ClFN4O3. The van der Waals surface area contributed by atoms with E-state index in [9.17, 15) is 19.3 Å². The zero-order valence-corrected chi connectivity index (χ0v) is 11.1. The smallest absolute Gasteiger partial charge is 0.295 e. The number of piperazine rings is 1. The second-order valence-corrected chi connectivity index (χ2v) is 4.74. The molecule has 7 nitrogen and oxygen atoms in total. The number of halogens is 2. The van der Waals surface area contributed by atoms with Gasteiger partial charge in [-0.2, -0.15) is 0 Å². The molecule has 0 bridgehead atoms. The number of nitro groups is 1. The van der Waals surface area contributed by atoms with Gasteiger partial charge in [0, 0.05) is 19.6 Å². The van der Waals surface area contributed by atoms with Gasteiger partial charge in [-0.3, -0.25) is 14.9 Å². The second kappa shape index (κ2) is 5.59. The zero-order valence-electron chi connectivity index (χ0n) is 10.3. The maximum absolute atomic E-state index is 13.4. The van der Waals surface area contributed by atoms with E-state index in [1.807, 2.05) is 0 Å². The minimum absolute atomic E-state index is 0.0895. The van der Waals surface area contributed by atoms with Gasteiger partial charge in [0.05, 0.1) is 16.0 Å². The highest BCUT2D eigenvalue weighted by molar-refractivity contribution is 6.31. The Morgan fingerprint density at radius 2 is 2.30 bits per heavy atom. The van der Waals surface area contributed by atoms with Crippen LogP contribution in [-0.2, 0) is 4.79 Å². The van der Waals surface area contributed by atoms with Crippen molar-refractivity contribution in [2.45, 2.75) is 6.04 Å². The Hall–Kier alpha value is -1.93. The fourth-order valence-electron chi connectivity index (χ4n) is 2.15. The number of hydrogen-bond acceptors (Lipinski definition) is 5. The number of rotatable bonds is 3. The fraction of sp³-hybridized carbons (Fsp3) is 0.364. The monoisotopic (exact) mass is 302 g/mol. The van der Waals surface area contributed by atoms with Gasteiger partial charge in [-0.05, 0) is 6.07 Å². The van der Waals surface area contributed by atoms with Crippen LogP contribution in [0, 0.1) is 15.9 Å². The normalized spacial score (nSPS) is 18.9. The van der Waals surface area contributed by atoms with Gasteiger partial charge in [0.25, 0.3) is 5.69 Å². The summed E-state index contributed by atoms with van der Waals surface area (Å²) in [5, 5.41) is 13.8. The third kappa shape index (κ3) is 2.66. The lowest BCUT2D eigenvalue weighted by Gasteiger charge is -2.35. The molecule has 1 heterocycles. The molecule has 1 saturated heterocycles. The lowest BCUT2D eigenvalue weighted by molar-refractivity contribution is -0.384. The van der Waals surface area contributed by atoms with E-state index in [0.29, 0.717) is 13.1 Å². The number of primary amides is 1. The van der Waals surface area contributed by atoms with E-state index in [1.54, 1.807) is 0 Å². The highest BCUT2D eigenvalue weighted by atomic mass is 35.5. The van der Waals surface area contributed by atoms with Crippen molar-refractivity contribution in [2.24, 2.45) is 5.73 Å². The van der Waals surface area contributed by atoms with Gasteiger partial charge in [-0.15, -0.1) is 0 Å². The van der Waals surface area contributed by atoms with Crippen LogP contribution in [0.25, 0.3) is 0 Å². The van der Waals surface area contributed by atoms with Crippen LogP contribution in [0.2, 0.25) is 5.02 Å². The standard InChI is InChI=1S/C11H12ClFN4O3/c12-6-3-8(9(17(19)20)4-7(6)13)16-2-1-15-5-10(16)11(14)18/h3-4,10,15H,1-2,5H2,(H2,14,18). The molecule has 0 aromatic heterocycles. The molecule has 1 atom stereocenters. The van der Waals surface area contributed by atoms with Crippen molar-refractivity contribution in [3.8, 4) is 0 Å². The molecule has 3 N–H and O–H groups in total. The number of anilines is 1. The Morgan fingerprint density at radius 3 is 2.90 bits per heavy atom. The maximum Gasteiger partial charge on any atom is 0.295 e. The van der Waals surface area contributed by atoms with Gasteiger partial charge in [-0.25, -0.2) is 4.39 Å². The van der Waals surface area contributed by atoms with E-state index in [-0.39, 0.29) is 17.3 Å². The first-order valence-electron chi connectivity index (χ1n) is 5.82. The number of benzene rings is 1. The van der Waals surface area contributed by atoms with Crippen LogP contribution in [0.15, 0.2) is 12.1 Å². The summed E-state index contributed by atoms with van der Waals surface area (Å²) in [6.45, 7) is 1.12. The van der Waals surface area contributed by atoms with Gasteiger partial charge in [-0.1, -0.05) is 11.6 Å². The molecule has 1 fully saturated rings. The Bertz CT molecular complexity index is 569. The third-order valence-corrected chi connectivity index (χ3v) is 3.39. The molecule has 1 aliphatic heterocycles. The first-order valence-corrected chi connectivity index (χ1v) is 6.19. The largest absolute Gasteiger partial charge is 0.368 e. The molecule has 9 heteroatoms. The molecule has 0 radical (unpaired) electrons. The van der Waals surface area contributed by atoms with Crippen molar-refractivity contribution in [2.75, 3.05) is 24.5 Å². The summed E-state index contributed by atoms with van der Waals surface area (Å²) in [7, 11) is 0. The summed E-state index contributed by atoms with van der Waals surface area (Å²) in [5.41, 5.74) is 4.94. The molecule has 20 heavy (non-hydrogen) atoms. The molecule has 0 spiro atoms. The molecule has 0 aliphatic carbocycles. The molecule has 1 amide bonds. The SMILES string of the molecule is NC(=O)C1CNCCN1c1cc(Cl)c(F)cc1[N+](=O)[O-]. The van der Waals surface area contributed by atoms with Crippen LogP contribution in [-0.4, -0.2) is 36.5 Å². The summed E-state index contributed by atoms with van der Waals surface area (Å²) in [4.78, 5) is 23.2. The first-order chi connectivity index (χ1) is 9.41. The Kier molecular flexibility index (Phi) is 4.05. The number of hydrogen-bond donors (Lipinski definition) is 2. The summed E-state index contributed by atoms with van der Waals surface area (Å²) >= 11 is 5.68. The average Bonchev–Trinajstić information content (AvgIpc) is 2.41. The Morgan fingerprint density at radius 1 is 1.60 bits per heavy atom. The number of carbonyl (C=O) groups is 1. The van der Waals surface area contributed by atoms with Crippen LogP contribution in [0.3, 0.4) is 0 Å². The molecule has 1 unspecified atom stereocenters. The van der Waals surface area contributed by atoms with Crippen molar-refractivity contribution < 1.29 is 14.1 Å². The summed E-state index contributed by atoms with van der Waals surface area (Å²) in [5.74, 6) is -1.50. The van der Waals surface area contributed by atoms with Crippen LogP contribution in [0.4, 0.5) is 15.8 Å². The predicted octanol–water partition coefficient (Wildman–Crippen LogP) is 0.651. The molecule has 1 aromatic rings. The van der Waals surface area contributed by atoms with E-state index in [4.69, 9.17) is 17.3 Å². The van der Waals surface area contributed by atoms with Crippen LogP contribution in [0.1, 0.15) is 0 Å². The molecule has 2 rings (SSSR count). The predicted molar refractivity (Wildman–Crippen MR) is 71.3 cm³/mol. The van der Waals surface area contributed by atoms with Crippen molar-refractivity contribution in [3.05, 3.63) is 33.1 Å². The lowest BCUT2D eigenvalue weighted by Crippen LogP contribution is -2.57. The molecule has 0 saturated carbocycles. The minimum Gasteiger partial charge on any atom is -0.368 e. The molecule has 1 aromatic carbocycles. The van der Waals surface area contributed by atoms with Crippen molar-refractivity contribution in [3.63, 3.8) is 0 Å². The topological polar surface area (TPSA) is 102 Å². The number of carbonyl (C=O) groups excluding carboxylic acids is 1. The van der Waals surface area contributed by atoms with Crippen LogP contribution in [0.5, 0.6) is 0 Å². The lowest BCUT2D eigenvalue weighted by atomic mass is 10.1. The average molecular weight is 303 g/mol. The second-order valence-electron chi connectivity index (χ2n) is 4.33. The van der Waals surface area contributed by atoms with Crippen LogP contribution < -0.4 is 16.0 Å². The Labute approximate surface area is 118 Å². The van der Waals surface area contributed by atoms with Crippen molar-refractivity contribution >= 4 is 28.9 Å². The fourth-order valence-corrected chi connectivity index (χ4v) is 2.31. The van der Waals surface area contributed by atoms with Gasteiger partial charge in [0.15, 0.2) is 0 Å². The van der Waals surface area contributed by atoms with E-state index in [0.717, 1.165) is 12.1 Å². The molecule has 108 valence electrons. The third-order valence-electron chi connectivity index (χ3n) is 3.10. The molecule has 1 aliphatic rings. The van der Waals surface area contributed by atoms with E-state index in [2.05, 4.69) is 5.32 Å². The summed E-state index contributed by atoms with van der Waals surface area (Å²) in [6.07, 6.45) is 0. The summed E-state index contributed by atoms with van der Waals surface area (Å²) in [6, 6.07) is 1.15. The van der Waals surface area contributed by atoms with E-state index >= 15 is 0 Å². The Balaban J connectivity index is 2.51. The van der Waals surface area contributed by atoms with Crippen molar-refractivity contribution in [1.29, 1.82) is 0 Å². The number of amides is 1. The van der Waals surface area contributed by atoms with Gasteiger partial charge in [0.2, 0.25) is 5.91 Å². The zero-order chi connectivity index (χ0) is 14.9. The van der Waals surface area contributed by atoms with E-state index in [1.165, 1.54) is 4.90 Å². The highest BCUT2D eigenvalue weighted by Crippen LogP contribution is 2.34. The number of nitrogens with zero attached hydrogens (tertiary/aromatic N) is 2. The van der Waals surface area contributed by atoms with Crippen molar-refractivity contribution in [1.82, 2.24) is 5.32 Å². The maximum atomic E-state index is 13.4. The number of nitro benzene ring substituents is 1. The van der Waals surface area contributed by atoms with Gasteiger partial charge in [0.1, 0.15) is 17.5 Å². The van der Waals surface area contributed by atoms with Gasteiger partial charge >= 0.3 is 0 Å². The number of nitrogens with two attached hydrogens (primary N) is 1. The number of nitrogens with one attached hydrogen (secondary N) is 1. The summed E-state index contributed by atoms with van der Waals surface area (Å²) < 4.78 is 13.4. The quantitative estimate of drug-likeness (QED) is 0.630. The van der Waals surface area contributed by atoms with E-state index < -0.39 is 28.4 Å². The first kappa shape index (κ1) is 14.5. The van der Waals surface area contributed by atoms with Crippen LogP contribution >= 0.6 is 11.6 Å². The highest BCUT2D eigenvalue weighted by Gasteiger charge is 2.32. The minimum atomic E-state index is -0.882.